The maximum Gasteiger partial charge on any atom is 0.228 e. The molecule has 1 amide bonds. The first-order valence-corrected chi connectivity index (χ1v) is 9.40. The predicted molar refractivity (Wildman–Crippen MR) is 117 cm³/mol. The van der Waals surface area contributed by atoms with Gasteiger partial charge in [-0.15, -0.1) is 24.8 Å². The third kappa shape index (κ3) is 4.10. The fraction of sp³-hybridized carbons (Fsp3) is 0.333. The quantitative estimate of drug-likeness (QED) is 0.564. The van der Waals surface area contributed by atoms with Crippen LogP contribution in [0.2, 0.25) is 0 Å². The summed E-state index contributed by atoms with van der Waals surface area (Å²) >= 11 is 0. The van der Waals surface area contributed by atoms with E-state index in [1.54, 1.807) is 12.1 Å². The van der Waals surface area contributed by atoms with Gasteiger partial charge in [0.05, 0.1) is 11.0 Å². The Labute approximate surface area is 180 Å². The van der Waals surface area contributed by atoms with Crippen LogP contribution >= 0.6 is 24.8 Å². The maximum absolute atomic E-state index is 13.1. The first-order valence-electron chi connectivity index (χ1n) is 9.40. The molecule has 2 heterocycles. The summed E-state index contributed by atoms with van der Waals surface area (Å²) in [6.45, 7) is 2.02. The molecular formula is C21H23Cl2FN4O. The van der Waals surface area contributed by atoms with Crippen molar-refractivity contribution in [3.8, 4) is 11.4 Å². The third-order valence-corrected chi connectivity index (χ3v) is 5.97. The highest BCUT2D eigenvalue weighted by atomic mass is 35.5. The molecule has 29 heavy (non-hydrogen) atoms. The lowest BCUT2D eigenvalue weighted by atomic mass is 9.92. The number of anilines is 1. The van der Waals surface area contributed by atoms with E-state index in [4.69, 9.17) is 0 Å². The van der Waals surface area contributed by atoms with E-state index in [0.717, 1.165) is 54.6 Å². The van der Waals surface area contributed by atoms with Crippen molar-refractivity contribution in [1.82, 2.24) is 15.3 Å². The van der Waals surface area contributed by atoms with E-state index in [1.165, 1.54) is 12.1 Å². The summed E-state index contributed by atoms with van der Waals surface area (Å²) in [5, 5.41) is 6.43. The van der Waals surface area contributed by atoms with Crippen molar-refractivity contribution in [2.45, 2.75) is 19.3 Å². The largest absolute Gasteiger partial charge is 0.338 e. The molecule has 1 saturated carbocycles. The second-order valence-corrected chi connectivity index (χ2v) is 7.68. The van der Waals surface area contributed by atoms with Crippen LogP contribution in [0.15, 0.2) is 42.5 Å². The molecule has 2 aliphatic rings. The van der Waals surface area contributed by atoms with Crippen LogP contribution in [0.1, 0.15) is 19.3 Å². The van der Waals surface area contributed by atoms with Gasteiger partial charge in [0.25, 0.3) is 0 Å². The highest BCUT2D eigenvalue weighted by Crippen LogP contribution is 2.58. The Kier molecular flexibility index (Phi) is 6.17. The number of piperidine rings is 1. The van der Waals surface area contributed by atoms with Gasteiger partial charge in [-0.25, -0.2) is 9.37 Å². The van der Waals surface area contributed by atoms with Crippen LogP contribution in [0.4, 0.5) is 10.1 Å². The average Bonchev–Trinajstić information content (AvgIpc) is 3.19. The number of rotatable bonds is 3. The summed E-state index contributed by atoms with van der Waals surface area (Å²) in [5.74, 6) is 0.664. The number of aromatic amines is 1. The summed E-state index contributed by atoms with van der Waals surface area (Å²) in [5.41, 5.74) is 3.48. The monoisotopic (exact) mass is 436 g/mol. The molecule has 0 bridgehead atoms. The van der Waals surface area contributed by atoms with E-state index >= 15 is 0 Å². The first kappa shape index (κ1) is 21.6. The third-order valence-electron chi connectivity index (χ3n) is 5.97. The minimum absolute atomic E-state index is 0. The van der Waals surface area contributed by atoms with E-state index in [0.29, 0.717) is 5.82 Å². The molecule has 2 aromatic carbocycles. The molecule has 5 rings (SSSR count). The Balaban J connectivity index is 0.00000120. The Hall–Kier alpha value is -2.15. The lowest BCUT2D eigenvalue weighted by Gasteiger charge is -2.23. The number of imidazole rings is 1. The molecule has 1 atom stereocenters. The molecule has 5 nitrogen and oxygen atoms in total. The van der Waals surface area contributed by atoms with Gasteiger partial charge in [-0.2, -0.15) is 0 Å². The topological polar surface area (TPSA) is 69.8 Å². The van der Waals surface area contributed by atoms with E-state index in [1.807, 2.05) is 18.2 Å². The number of H-pyrrole nitrogens is 1. The minimum Gasteiger partial charge on any atom is -0.338 e. The molecule has 1 aliphatic carbocycles. The standard InChI is InChI=1S/C21H21FN4O.2ClH/c22-14-3-1-13(2-4-14)19-25-17-6-5-15(11-18(17)26-19)24-20(27)16-12-21(16)7-9-23-10-8-21;;/h1-6,11,16,23H,7-10,12H2,(H,24,27)(H,25,26);2*1H. The SMILES string of the molecule is Cl.Cl.O=C(Nc1ccc2nc(-c3ccc(F)cc3)[nH]c2c1)C1CC12CCNCC2. The molecule has 1 saturated heterocycles. The summed E-state index contributed by atoms with van der Waals surface area (Å²) in [7, 11) is 0. The van der Waals surface area contributed by atoms with Gasteiger partial charge in [-0.3, -0.25) is 4.79 Å². The molecule has 1 spiro atoms. The molecule has 3 N–H and O–H groups in total. The van der Waals surface area contributed by atoms with Crippen molar-refractivity contribution in [2.75, 3.05) is 18.4 Å². The van der Waals surface area contributed by atoms with Crippen molar-refractivity contribution in [2.24, 2.45) is 11.3 Å². The maximum atomic E-state index is 13.1. The Morgan fingerprint density at radius 3 is 2.55 bits per heavy atom. The van der Waals surface area contributed by atoms with Crippen LogP contribution in [0, 0.1) is 17.2 Å². The normalized spacial score (nSPS) is 19.3. The zero-order chi connectivity index (χ0) is 18.4. The number of fused-ring (bicyclic) bond motifs is 1. The van der Waals surface area contributed by atoms with Gasteiger partial charge >= 0.3 is 0 Å². The second-order valence-electron chi connectivity index (χ2n) is 7.68. The number of nitrogens with one attached hydrogen (secondary N) is 3. The summed E-state index contributed by atoms with van der Waals surface area (Å²) in [6, 6.07) is 11.9. The molecule has 2 fully saturated rings. The van der Waals surface area contributed by atoms with Crippen LogP contribution in [0.5, 0.6) is 0 Å². The van der Waals surface area contributed by atoms with E-state index in [-0.39, 0.29) is 47.9 Å². The number of amides is 1. The molecule has 8 heteroatoms. The number of carbonyl (C=O) groups excluding carboxylic acids is 1. The predicted octanol–water partition coefficient (Wildman–Crippen LogP) is 4.54. The van der Waals surface area contributed by atoms with Gasteiger partial charge in [-0.05, 0) is 80.2 Å². The van der Waals surface area contributed by atoms with Gasteiger partial charge in [0, 0.05) is 17.2 Å². The van der Waals surface area contributed by atoms with Crippen LogP contribution in [0.25, 0.3) is 22.4 Å². The van der Waals surface area contributed by atoms with Gasteiger partial charge in [-0.1, -0.05) is 0 Å². The summed E-state index contributed by atoms with van der Waals surface area (Å²) in [6.07, 6.45) is 3.18. The summed E-state index contributed by atoms with van der Waals surface area (Å²) in [4.78, 5) is 20.5. The number of aromatic nitrogens is 2. The van der Waals surface area contributed by atoms with Crippen LogP contribution in [-0.2, 0) is 4.79 Å². The highest BCUT2D eigenvalue weighted by Gasteiger charge is 2.57. The molecule has 154 valence electrons. The molecular weight excluding hydrogens is 414 g/mol. The van der Waals surface area contributed by atoms with Gasteiger partial charge in [0.15, 0.2) is 0 Å². The summed E-state index contributed by atoms with van der Waals surface area (Å²) < 4.78 is 13.1. The number of nitrogens with zero attached hydrogens (tertiary/aromatic N) is 1. The van der Waals surface area contributed by atoms with Crippen molar-refractivity contribution < 1.29 is 9.18 Å². The number of hydrogen-bond acceptors (Lipinski definition) is 3. The second kappa shape index (κ2) is 8.30. The lowest BCUT2D eigenvalue weighted by Crippen LogP contribution is -2.31. The zero-order valence-electron chi connectivity index (χ0n) is 15.7. The van der Waals surface area contributed by atoms with Crippen LogP contribution < -0.4 is 10.6 Å². The lowest BCUT2D eigenvalue weighted by molar-refractivity contribution is -0.118. The van der Waals surface area contributed by atoms with Gasteiger partial charge in [0.1, 0.15) is 11.6 Å². The Bertz CT molecular complexity index is 1020. The minimum atomic E-state index is -0.272. The van der Waals surface area contributed by atoms with Crippen LogP contribution in [0.3, 0.4) is 0 Å². The van der Waals surface area contributed by atoms with Gasteiger partial charge in [0.2, 0.25) is 5.91 Å². The van der Waals surface area contributed by atoms with Crippen molar-refractivity contribution in [3.05, 3.63) is 48.3 Å². The molecule has 0 radical (unpaired) electrons. The average molecular weight is 437 g/mol. The fourth-order valence-corrected chi connectivity index (χ4v) is 4.26. The van der Waals surface area contributed by atoms with Gasteiger partial charge < -0.3 is 15.6 Å². The van der Waals surface area contributed by atoms with Crippen molar-refractivity contribution in [3.63, 3.8) is 0 Å². The smallest absolute Gasteiger partial charge is 0.228 e. The fourth-order valence-electron chi connectivity index (χ4n) is 4.26. The molecule has 3 aromatic rings. The Morgan fingerprint density at radius 2 is 1.83 bits per heavy atom. The Morgan fingerprint density at radius 1 is 1.10 bits per heavy atom. The van der Waals surface area contributed by atoms with E-state index in [2.05, 4.69) is 20.6 Å². The van der Waals surface area contributed by atoms with Crippen molar-refractivity contribution >= 4 is 47.4 Å². The van der Waals surface area contributed by atoms with Crippen molar-refractivity contribution in [1.29, 1.82) is 0 Å². The number of benzene rings is 2. The number of halogens is 3. The highest BCUT2D eigenvalue weighted by molar-refractivity contribution is 5.97. The number of hydrogen-bond donors (Lipinski definition) is 3. The zero-order valence-corrected chi connectivity index (χ0v) is 17.3. The molecule has 1 aliphatic heterocycles. The van der Waals surface area contributed by atoms with E-state index in [9.17, 15) is 9.18 Å². The first-order chi connectivity index (χ1) is 13.1. The number of carbonyl (C=O) groups is 1. The molecule has 1 unspecified atom stereocenters. The van der Waals surface area contributed by atoms with Crippen LogP contribution in [-0.4, -0.2) is 29.0 Å². The van der Waals surface area contributed by atoms with E-state index < -0.39 is 0 Å². The molecule has 1 aromatic heterocycles.